The third-order valence-electron chi connectivity index (χ3n) is 1.51. The molecular weight excluding hydrogens is 144 g/mol. The Morgan fingerprint density at radius 3 is 2.33 bits per heavy atom. The number of rotatable bonds is 1. The second-order valence-corrected chi connectivity index (χ2v) is 2.68. The summed E-state index contributed by atoms with van der Waals surface area (Å²) in [6, 6.07) is 0. The van der Waals surface area contributed by atoms with Gasteiger partial charge in [0, 0.05) is 0 Å². The smallest absolute Gasteiger partial charge is 0.0285 e. The molecule has 0 aromatic carbocycles. The molecule has 0 saturated carbocycles. The second kappa shape index (κ2) is 10.2. The van der Waals surface area contributed by atoms with Gasteiger partial charge in [0.05, 0.1) is 0 Å². The van der Waals surface area contributed by atoms with Gasteiger partial charge in [0.15, 0.2) is 0 Å². The van der Waals surface area contributed by atoms with E-state index in [1.807, 2.05) is 6.08 Å². The van der Waals surface area contributed by atoms with Crippen molar-refractivity contribution in [1.29, 1.82) is 0 Å². The highest BCUT2D eigenvalue weighted by molar-refractivity contribution is 5.15. The molecule has 0 heterocycles. The minimum absolute atomic E-state index is 0. The molecule has 0 bridgehead atoms. The summed E-state index contributed by atoms with van der Waals surface area (Å²) < 4.78 is 0. The molecule has 1 rings (SSSR count). The summed E-state index contributed by atoms with van der Waals surface area (Å²) in [6.45, 7) is 7.71. The molecule has 1 aliphatic carbocycles. The van der Waals surface area contributed by atoms with Gasteiger partial charge < -0.3 is 0 Å². The van der Waals surface area contributed by atoms with Gasteiger partial charge in [0.25, 0.3) is 0 Å². The topological polar surface area (TPSA) is 0 Å². The van der Waals surface area contributed by atoms with Gasteiger partial charge >= 0.3 is 0 Å². The molecule has 0 fully saturated rings. The highest BCUT2D eigenvalue weighted by Crippen LogP contribution is 2.08. The van der Waals surface area contributed by atoms with Crippen molar-refractivity contribution in [2.75, 3.05) is 0 Å². The van der Waals surface area contributed by atoms with Gasteiger partial charge in [-0.2, -0.15) is 0 Å². The number of allylic oxidation sites excluding steroid dienone is 5. The third kappa shape index (κ3) is 9.22. The summed E-state index contributed by atoms with van der Waals surface area (Å²) in [5, 5.41) is 0. The van der Waals surface area contributed by atoms with Crippen LogP contribution >= 0.6 is 0 Å². The molecular formula is C12H22. The van der Waals surface area contributed by atoms with Crippen molar-refractivity contribution in [3.05, 3.63) is 36.5 Å². The Morgan fingerprint density at radius 1 is 1.58 bits per heavy atom. The van der Waals surface area contributed by atoms with E-state index in [9.17, 15) is 0 Å². The summed E-state index contributed by atoms with van der Waals surface area (Å²) in [5.41, 5.74) is 1.50. The Kier molecular flexibility index (Phi) is 11.7. The van der Waals surface area contributed by atoms with Crippen LogP contribution in [0.3, 0.4) is 0 Å². The Morgan fingerprint density at radius 2 is 2.17 bits per heavy atom. The number of hydrogen-bond donors (Lipinski definition) is 0. The van der Waals surface area contributed by atoms with Crippen LogP contribution in [0.2, 0.25) is 0 Å². The van der Waals surface area contributed by atoms with E-state index < -0.39 is 0 Å². The molecule has 0 N–H and O–H groups in total. The molecule has 0 saturated heterocycles. The fraction of sp³-hybridized carbons (Fsp3) is 0.500. The van der Waals surface area contributed by atoms with E-state index in [0.717, 1.165) is 6.42 Å². The van der Waals surface area contributed by atoms with Crippen LogP contribution in [0.25, 0.3) is 0 Å². The molecule has 0 aromatic heterocycles. The van der Waals surface area contributed by atoms with Crippen LogP contribution in [-0.2, 0) is 0 Å². The first-order chi connectivity index (χ1) is 5.31. The summed E-state index contributed by atoms with van der Waals surface area (Å²) >= 11 is 0. The lowest BCUT2D eigenvalue weighted by Crippen LogP contribution is -1.78. The van der Waals surface area contributed by atoms with Crippen LogP contribution in [0, 0.1) is 0 Å². The van der Waals surface area contributed by atoms with Crippen LogP contribution in [0.15, 0.2) is 36.5 Å². The molecule has 0 radical (unpaired) electrons. The minimum atomic E-state index is 0. The average molecular weight is 166 g/mol. The van der Waals surface area contributed by atoms with Gasteiger partial charge in [-0.3, -0.25) is 0 Å². The van der Waals surface area contributed by atoms with Crippen molar-refractivity contribution in [3.8, 4) is 0 Å². The molecule has 0 spiro atoms. The summed E-state index contributed by atoms with van der Waals surface area (Å²) in [5.74, 6) is 0. The van der Waals surface area contributed by atoms with E-state index in [2.05, 4.69) is 38.7 Å². The van der Waals surface area contributed by atoms with Crippen LogP contribution in [-0.4, -0.2) is 0 Å². The molecule has 0 aromatic rings. The predicted octanol–water partition coefficient (Wildman–Crippen LogP) is 4.50. The maximum atomic E-state index is 3.48. The average Bonchev–Trinajstić information content (AvgIpc) is 2.07. The van der Waals surface area contributed by atoms with Gasteiger partial charge in [-0.1, -0.05) is 44.2 Å². The molecule has 0 nitrogen and oxygen atoms in total. The standard InChI is InChI=1S/C7H10.C4H8.CH4/c1-7-5-3-2-4-6-7;1-3-4-2;/h2-3,5H,4,6H2,1H3;3H,1,4H2,2H3;1H4. The first-order valence-corrected chi connectivity index (χ1v) is 4.24. The Bertz CT molecular complexity index is 149. The van der Waals surface area contributed by atoms with Crippen molar-refractivity contribution >= 4 is 0 Å². The van der Waals surface area contributed by atoms with Gasteiger partial charge in [0.2, 0.25) is 0 Å². The summed E-state index contributed by atoms with van der Waals surface area (Å²) in [4.78, 5) is 0. The Balaban J connectivity index is 0. The molecule has 0 heteroatoms. The molecule has 0 unspecified atom stereocenters. The SMILES string of the molecule is C.C=CCC.CC1=CC=CCC1. The largest absolute Gasteiger partial charge is 0.103 e. The van der Waals surface area contributed by atoms with Crippen LogP contribution in [0.4, 0.5) is 0 Å². The van der Waals surface area contributed by atoms with E-state index in [1.165, 1.54) is 18.4 Å². The van der Waals surface area contributed by atoms with E-state index >= 15 is 0 Å². The maximum absolute atomic E-state index is 3.48. The van der Waals surface area contributed by atoms with E-state index in [0.29, 0.717) is 0 Å². The van der Waals surface area contributed by atoms with Gasteiger partial charge in [-0.25, -0.2) is 0 Å². The molecule has 12 heavy (non-hydrogen) atoms. The monoisotopic (exact) mass is 166 g/mol. The number of hydrogen-bond acceptors (Lipinski definition) is 0. The predicted molar refractivity (Wildman–Crippen MR) is 59.4 cm³/mol. The molecule has 1 aliphatic rings. The van der Waals surface area contributed by atoms with Crippen LogP contribution in [0.5, 0.6) is 0 Å². The van der Waals surface area contributed by atoms with Gasteiger partial charge in [0.1, 0.15) is 0 Å². The lowest BCUT2D eigenvalue weighted by Gasteiger charge is -1.98. The fourth-order valence-electron chi connectivity index (χ4n) is 0.723. The van der Waals surface area contributed by atoms with E-state index in [1.54, 1.807) is 0 Å². The van der Waals surface area contributed by atoms with Crippen molar-refractivity contribution in [3.63, 3.8) is 0 Å². The first kappa shape index (κ1) is 13.8. The molecule has 0 atom stereocenters. The maximum Gasteiger partial charge on any atom is -0.0285 e. The molecule has 0 amide bonds. The Labute approximate surface area is 77.7 Å². The van der Waals surface area contributed by atoms with Gasteiger partial charge in [-0.15, -0.1) is 6.58 Å². The summed E-state index contributed by atoms with van der Waals surface area (Å²) in [6.07, 6.45) is 12.0. The highest BCUT2D eigenvalue weighted by Gasteiger charge is 1.88. The zero-order valence-corrected chi connectivity index (χ0v) is 7.64. The second-order valence-electron chi connectivity index (χ2n) is 2.68. The van der Waals surface area contributed by atoms with Crippen molar-refractivity contribution in [2.24, 2.45) is 0 Å². The van der Waals surface area contributed by atoms with Crippen LogP contribution < -0.4 is 0 Å². The van der Waals surface area contributed by atoms with Crippen molar-refractivity contribution < 1.29 is 0 Å². The van der Waals surface area contributed by atoms with Crippen LogP contribution in [0.1, 0.15) is 40.5 Å². The fourth-order valence-corrected chi connectivity index (χ4v) is 0.723. The van der Waals surface area contributed by atoms with E-state index in [4.69, 9.17) is 0 Å². The summed E-state index contributed by atoms with van der Waals surface area (Å²) in [7, 11) is 0. The normalized spacial score (nSPS) is 13.3. The zero-order valence-electron chi connectivity index (χ0n) is 7.64. The zero-order chi connectivity index (χ0) is 8.53. The molecule has 70 valence electrons. The third-order valence-corrected chi connectivity index (χ3v) is 1.51. The van der Waals surface area contributed by atoms with Gasteiger partial charge in [-0.05, 0) is 26.2 Å². The highest BCUT2D eigenvalue weighted by atomic mass is 13.9. The Hall–Kier alpha value is -0.780. The quantitative estimate of drug-likeness (QED) is 0.503. The first-order valence-electron chi connectivity index (χ1n) is 4.24. The molecule has 0 aliphatic heterocycles. The van der Waals surface area contributed by atoms with Crippen molar-refractivity contribution in [1.82, 2.24) is 0 Å². The minimum Gasteiger partial charge on any atom is -0.103 e. The van der Waals surface area contributed by atoms with E-state index in [-0.39, 0.29) is 7.43 Å². The lowest BCUT2D eigenvalue weighted by molar-refractivity contribution is 0.962. The lowest BCUT2D eigenvalue weighted by atomic mass is 10.1. The van der Waals surface area contributed by atoms with Crippen molar-refractivity contribution in [2.45, 2.75) is 40.5 Å².